The molecule has 0 bridgehead atoms. The topological polar surface area (TPSA) is 48.1 Å². The summed E-state index contributed by atoms with van der Waals surface area (Å²) in [4.78, 5) is 4.21. The fourth-order valence-electron chi connectivity index (χ4n) is 2.17. The van der Waals surface area contributed by atoms with Crippen LogP contribution in [0.15, 0.2) is 30.3 Å². The van der Waals surface area contributed by atoms with E-state index in [9.17, 15) is 0 Å². The van der Waals surface area contributed by atoms with Crippen molar-refractivity contribution in [3.8, 4) is 5.75 Å². The van der Waals surface area contributed by atoms with Crippen LogP contribution in [0.4, 0.5) is 5.13 Å². The third kappa shape index (κ3) is 2.97. The highest BCUT2D eigenvalue weighted by Crippen LogP contribution is 2.38. The summed E-state index contributed by atoms with van der Waals surface area (Å²) < 4.78 is 6.91. The minimum Gasteiger partial charge on any atom is -0.486 e. The number of fused-ring (bicyclic) bond motifs is 1. The molecule has 3 aromatic rings. The number of rotatable bonds is 3. The smallest absolute Gasteiger partial charge is 0.181 e. The van der Waals surface area contributed by atoms with Gasteiger partial charge in [-0.3, -0.25) is 0 Å². The largest absolute Gasteiger partial charge is 0.486 e. The molecule has 0 fully saturated rings. The Bertz CT molecular complexity index is 850. The zero-order valence-electron chi connectivity index (χ0n) is 11.4. The number of aromatic nitrogens is 1. The summed E-state index contributed by atoms with van der Waals surface area (Å²) in [5, 5.41) is 1.90. The van der Waals surface area contributed by atoms with E-state index in [4.69, 9.17) is 45.3 Å². The summed E-state index contributed by atoms with van der Waals surface area (Å²) in [7, 11) is 0. The minimum absolute atomic E-state index is 0.346. The Morgan fingerprint density at radius 3 is 2.64 bits per heavy atom. The van der Waals surface area contributed by atoms with E-state index in [1.165, 1.54) is 11.3 Å². The molecule has 1 atom stereocenters. The van der Waals surface area contributed by atoms with Crippen molar-refractivity contribution in [2.24, 2.45) is 0 Å². The Labute approximate surface area is 146 Å². The van der Waals surface area contributed by atoms with Gasteiger partial charge in [0.25, 0.3) is 0 Å². The lowest BCUT2D eigenvalue weighted by molar-refractivity contribution is 0.227. The summed E-state index contributed by atoms with van der Waals surface area (Å²) in [5.41, 5.74) is 7.22. The third-order valence-electron chi connectivity index (χ3n) is 3.18. The van der Waals surface area contributed by atoms with E-state index in [0.29, 0.717) is 31.5 Å². The van der Waals surface area contributed by atoms with Crippen LogP contribution in [-0.2, 0) is 0 Å². The molecule has 0 radical (unpaired) electrons. The molecular formula is C15H11Cl3N2OS. The Hall–Kier alpha value is -1.20. The average Bonchev–Trinajstić information content (AvgIpc) is 2.82. The van der Waals surface area contributed by atoms with Crippen molar-refractivity contribution in [1.82, 2.24) is 4.98 Å². The first kappa shape index (κ1) is 15.7. The van der Waals surface area contributed by atoms with Crippen LogP contribution in [0.2, 0.25) is 15.1 Å². The van der Waals surface area contributed by atoms with Gasteiger partial charge in [-0.15, -0.1) is 0 Å². The van der Waals surface area contributed by atoms with E-state index >= 15 is 0 Å². The number of hydrogen-bond acceptors (Lipinski definition) is 4. The van der Waals surface area contributed by atoms with Gasteiger partial charge < -0.3 is 10.5 Å². The minimum atomic E-state index is -0.346. The highest BCUT2D eigenvalue weighted by Gasteiger charge is 2.18. The third-order valence-corrected chi connectivity index (χ3v) is 5.17. The zero-order chi connectivity index (χ0) is 15.9. The van der Waals surface area contributed by atoms with Crippen molar-refractivity contribution in [2.75, 3.05) is 5.73 Å². The summed E-state index contributed by atoms with van der Waals surface area (Å²) in [6.07, 6.45) is -0.346. The molecule has 0 spiro atoms. The molecule has 0 amide bonds. The number of nitrogens with zero attached hydrogens (tertiary/aromatic N) is 1. The maximum atomic E-state index is 6.24. The Kier molecular flexibility index (Phi) is 4.37. The normalized spacial score (nSPS) is 12.5. The van der Waals surface area contributed by atoms with Crippen LogP contribution in [0, 0.1) is 0 Å². The van der Waals surface area contributed by atoms with Gasteiger partial charge in [0, 0.05) is 10.6 Å². The molecule has 0 aliphatic carbocycles. The van der Waals surface area contributed by atoms with Crippen molar-refractivity contribution in [3.05, 3.63) is 51.0 Å². The first-order chi connectivity index (χ1) is 10.5. The fourth-order valence-corrected chi connectivity index (χ4v) is 3.78. The number of benzene rings is 2. The van der Waals surface area contributed by atoms with Gasteiger partial charge in [-0.05, 0) is 37.3 Å². The molecule has 1 unspecified atom stereocenters. The number of thiazole rings is 1. The number of nitrogen functional groups attached to an aromatic ring is 1. The SMILES string of the molecule is CC(Oc1ccc2nc(N)sc2c1)c1c(Cl)ccc(Cl)c1Cl. The van der Waals surface area contributed by atoms with Crippen LogP contribution in [0.25, 0.3) is 10.2 Å². The fraction of sp³-hybridized carbons (Fsp3) is 0.133. The van der Waals surface area contributed by atoms with Crippen molar-refractivity contribution in [1.29, 1.82) is 0 Å². The number of halogens is 3. The number of ether oxygens (including phenoxy) is 1. The maximum absolute atomic E-state index is 6.24. The number of anilines is 1. The first-order valence-corrected chi connectivity index (χ1v) is 8.37. The molecule has 0 aliphatic heterocycles. The van der Waals surface area contributed by atoms with E-state index in [1.807, 2.05) is 25.1 Å². The van der Waals surface area contributed by atoms with Crippen LogP contribution in [0.1, 0.15) is 18.6 Å². The summed E-state index contributed by atoms with van der Waals surface area (Å²) in [6.45, 7) is 1.87. The molecule has 0 saturated heterocycles. The molecule has 3 nitrogen and oxygen atoms in total. The van der Waals surface area contributed by atoms with Gasteiger partial charge in [0.05, 0.1) is 20.3 Å². The van der Waals surface area contributed by atoms with Gasteiger partial charge in [0.15, 0.2) is 5.13 Å². The lowest BCUT2D eigenvalue weighted by atomic mass is 10.1. The van der Waals surface area contributed by atoms with E-state index in [0.717, 1.165) is 10.2 Å². The average molecular weight is 374 g/mol. The number of nitrogens with two attached hydrogens (primary N) is 1. The molecule has 1 aromatic heterocycles. The standard InChI is InChI=1S/C15H11Cl3N2OS/c1-7(13-9(16)3-4-10(17)14(13)18)21-8-2-5-11-12(6-8)22-15(19)20-11/h2-7H,1H3,(H2,19,20). The maximum Gasteiger partial charge on any atom is 0.181 e. The molecule has 0 aliphatic rings. The van der Waals surface area contributed by atoms with E-state index < -0.39 is 0 Å². The predicted molar refractivity (Wildman–Crippen MR) is 94.5 cm³/mol. The Balaban J connectivity index is 1.92. The van der Waals surface area contributed by atoms with E-state index in [2.05, 4.69) is 4.98 Å². The van der Waals surface area contributed by atoms with Crippen LogP contribution < -0.4 is 10.5 Å². The highest BCUT2D eigenvalue weighted by molar-refractivity contribution is 7.22. The van der Waals surface area contributed by atoms with Crippen LogP contribution in [0.5, 0.6) is 5.75 Å². The zero-order valence-corrected chi connectivity index (χ0v) is 14.5. The van der Waals surface area contributed by atoms with Crippen LogP contribution in [-0.4, -0.2) is 4.98 Å². The summed E-state index contributed by atoms with van der Waals surface area (Å²) in [5.74, 6) is 0.691. The van der Waals surface area contributed by atoms with Gasteiger partial charge in [-0.25, -0.2) is 4.98 Å². The van der Waals surface area contributed by atoms with Crippen LogP contribution in [0.3, 0.4) is 0 Å². The van der Waals surface area contributed by atoms with Gasteiger partial charge in [-0.2, -0.15) is 0 Å². The van der Waals surface area contributed by atoms with Gasteiger partial charge >= 0.3 is 0 Å². The van der Waals surface area contributed by atoms with Crippen LogP contribution >= 0.6 is 46.1 Å². The predicted octanol–water partition coefficient (Wildman–Crippen LogP) is 5.98. The van der Waals surface area contributed by atoms with E-state index in [1.54, 1.807) is 12.1 Å². The number of hydrogen-bond donors (Lipinski definition) is 1. The van der Waals surface area contributed by atoms with Gasteiger partial charge in [0.1, 0.15) is 11.9 Å². The molecule has 0 saturated carbocycles. The summed E-state index contributed by atoms with van der Waals surface area (Å²) >= 11 is 19.9. The van der Waals surface area contributed by atoms with Gasteiger partial charge in [-0.1, -0.05) is 46.1 Å². The lowest BCUT2D eigenvalue weighted by Gasteiger charge is -2.18. The monoisotopic (exact) mass is 372 g/mol. The molecule has 1 heterocycles. The first-order valence-electron chi connectivity index (χ1n) is 6.42. The summed E-state index contributed by atoms with van der Waals surface area (Å²) in [6, 6.07) is 8.97. The molecule has 114 valence electrons. The molecule has 2 aromatic carbocycles. The Morgan fingerprint density at radius 1 is 1.14 bits per heavy atom. The Morgan fingerprint density at radius 2 is 1.86 bits per heavy atom. The second-order valence-corrected chi connectivity index (χ2v) is 6.95. The van der Waals surface area contributed by atoms with Crippen molar-refractivity contribution >= 4 is 61.5 Å². The highest BCUT2D eigenvalue weighted by atomic mass is 35.5. The second kappa shape index (κ2) is 6.13. The molecule has 3 rings (SSSR count). The molecule has 2 N–H and O–H groups in total. The van der Waals surface area contributed by atoms with Crippen molar-refractivity contribution in [2.45, 2.75) is 13.0 Å². The molecular weight excluding hydrogens is 363 g/mol. The molecule has 22 heavy (non-hydrogen) atoms. The van der Waals surface area contributed by atoms with Gasteiger partial charge in [0.2, 0.25) is 0 Å². The van der Waals surface area contributed by atoms with E-state index in [-0.39, 0.29) is 6.10 Å². The lowest BCUT2D eigenvalue weighted by Crippen LogP contribution is -2.05. The van der Waals surface area contributed by atoms with Crippen molar-refractivity contribution in [3.63, 3.8) is 0 Å². The molecule has 7 heteroatoms. The quantitative estimate of drug-likeness (QED) is 0.575. The second-order valence-electron chi connectivity index (χ2n) is 4.70. The van der Waals surface area contributed by atoms with Crippen molar-refractivity contribution < 1.29 is 4.74 Å².